The fourth-order valence-electron chi connectivity index (χ4n) is 2.06. The minimum atomic E-state index is -0.770. The molecular weight excluding hydrogens is 259 g/mol. The zero-order valence-corrected chi connectivity index (χ0v) is 11.2. The van der Waals surface area contributed by atoms with Gasteiger partial charge in [0.1, 0.15) is 11.6 Å². The number of phenolic OH excluding ortho intramolecular Hbond substituents is 1. The molecule has 2 aromatic carbocycles. The summed E-state index contributed by atoms with van der Waals surface area (Å²) < 4.78 is 13.6. The van der Waals surface area contributed by atoms with Crippen molar-refractivity contribution in [2.45, 2.75) is 13.8 Å². The highest BCUT2D eigenvalue weighted by molar-refractivity contribution is 6.05. The number of hydrogen-bond acceptors (Lipinski definition) is 3. The number of amides is 1. The maximum absolute atomic E-state index is 13.6. The molecule has 0 fully saturated rings. The van der Waals surface area contributed by atoms with Crippen LogP contribution in [-0.4, -0.2) is 11.0 Å². The summed E-state index contributed by atoms with van der Waals surface area (Å²) in [5, 5.41) is 11.8. The van der Waals surface area contributed by atoms with Gasteiger partial charge in [0.2, 0.25) is 0 Å². The van der Waals surface area contributed by atoms with Gasteiger partial charge in [-0.25, -0.2) is 4.39 Å². The van der Waals surface area contributed by atoms with E-state index < -0.39 is 11.7 Å². The molecule has 2 rings (SSSR count). The average Bonchev–Trinajstić information content (AvgIpc) is 2.33. The Morgan fingerprint density at radius 2 is 1.80 bits per heavy atom. The molecule has 4 N–H and O–H groups in total. The van der Waals surface area contributed by atoms with Crippen molar-refractivity contribution < 1.29 is 14.3 Å². The van der Waals surface area contributed by atoms with Crippen LogP contribution in [0.4, 0.5) is 15.8 Å². The SMILES string of the molecule is Cc1cc(N)cc(C)c1NC(=O)c1ccc(O)cc1F. The summed E-state index contributed by atoms with van der Waals surface area (Å²) in [4.78, 5) is 12.1. The molecule has 0 aliphatic rings. The Labute approximate surface area is 116 Å². The van der Waals surface area contributed by atoms with Gasteiger partial charge in [-0.15, -0.1) is 0 Å². The summed E-state index contributed by atoms with van der Waals surface area (Å²) in [6, 6.07) is 6.87. The number of anilines is 2. The molecule has 0 atom stereocenters. The molecule has 0 aromatic heterocycles. The second-order valence-corrected chi connectivity index (χ2v) is 4.65. The minimum Gasteiger partial charge on any atom is -0.508 e. The first-order valence-electron chi connectivity index (χ1n) is 6.05. The lowest BCUT2D eigenvalue weighted by atomic mass is 10.1. The second kappa shape index (κ2) is 5.21. The molecule has 0 radical (unpaired) electrons. The van der Waals surface area contributed by atoms with E-state index in [1.165, 1.54) is 12.1 Å². The number of carbonyl (C=O) groups is 1. The smallest absolute Gasteiger partial charge is 0.258 e. The summed E-state index contributed by atoms with van der Waals surface area (Å²) in [7, 11) is 0. The lowest BCUT2D eigenvalue weighted by Crippen LogP contribution is -2.15. The van der Waals surface area contributed by atoms with E-state index in [1.807, 2.05) is 13.8 Å². The highest BCUT2D eigenvalue weighted by Gasteiger charge is 2.14. The molecule has 20 heavy (non-hydrogen) atoms. The highest BCUT2D eigenvalue weighted by Crippen LogP contribution is 2.24. The van der Waals surface area contributed by atoms with E-state index in [0.29, 0.717) is 11.4 Å². The molecule has 5 heteroatoms. The fraction of sp³-hybridized carbons (Fsp3) is 0.133. The zero-order valence-electron chi connectivity index (χ0n) is 11.2. The molecule has 0 heterocycles. The molecule has 0 unspecified atom stereocenters. The third kappa shape index (κ3) is 2.71. The fourth-order valence-corrected chi connectivity index (χ4v) is 2.06. The third-order valence-electron chi connectivity index (χ3n) is 2.99. The summed E-state index contributed by atoms with van der Waals surface area (Å²) >= 11 is 0. The van der Waals surface area contributed by atoms with Crippen molar-refractivity contribution in [3.63, 3.8) is 0 Å². The number of rotatable bonds is 2. The average molecular weight is 274 g/mol. The number of nitrogens with two attached hydrogens (primary N) is 1. The van der Waals surface area contributed by atoms with E-state index in [9.17, 15) is 9.18 Å². The third-order valence-corrected chi connectivity index (χ3v) is 2.99. The van der Waals surface area contributed by atoms with Gasteiger partial charge < -0.3 is 16.2 Å². The van der Waals surface area contributed by atoms with E-state index >= 15 is 0 Å². The van der Waals surface area contributed by atoms with Gasteiger partial charge >= 0.3 is 0 Å². The highest BCUT2D eigenvalue weighted by atomic mass is 19.1. The number of hydrogen-bond donors (Lipinski definition) is 3. The van der Waals surface area contributed by atoms with Crippen LogP contribution in [0.3, 0.4) is 0 Å². The molecule has 104 valence electrons. The van der Waals surface area contributed by atoms with Crippen LogP contribution in [0.5, 0.6) is 5.75 Å². The van der Waals surface area contributed by atoms with Gasteiger partial charge in [-0.2, -0.15) is 0 Å². The second-order valence-electron chi connectivity index (χ2n) is 4.65. The molecule has 0 saturated heterocycles. The quantitative estimate of drug-likeness (QED) is 0.737. The van der Waals surface area contributed by atoms with Crippen LogP contribution in [0.15, 0.2) is 30.3 Å². The Morgan fingerprint density at radius 1 is 1.20 bits per heavy atom. The molecule has 2 aromatic rings. The van der Waals surface area contributed by atoms with Gasteiger partial charge in [0.25, 0.3) is 5.91 Å². The van der Waals surface area contributed by atoms with Crippen molar-refractivity contribution in [3.8, 4) is 5.75 Å². The predicted molar refractivity (Wildman–Crippen MR) is 76.3 cm³/mol. The van der Waals surface area contributed by atoms with Crippen LogP contribution in [0.25, 0.3) is 0 Å². The number of aromatic hydroxyl groups is 1. The van der Waals surface area contributed by atoms with Crippen molar-refractivity contribution in [3.05, 3.63) is 52.8 Å². The van der Waals surface area contributed by atoms with Crippen molar-refractivity contribution >= 4 is 17.3 Å². The van der Waals surface area contributed by atoms with Crippen LogP contribution in [0, 0.1) is 19.7 Å². The Morgan fingerprint density at radius 3 is 2.35 bits per heavy atom. The Balaban J connectivity index is 2.33. The Hall–Kier alpha value is -2.56. The van der Waals surface area contributed by atoms with E-state index in [0.717, 1.165) is 17.2 Å². The number of aryl methyl sites for hydroxylation is 2. The van der Waals surface area contributed by atoms with Crippen LogP contribution in [0.1, 0.15) is 21.5 Å². The standard InChI is InChI=1S/C15H15FN2O2/c1-8-5-10(17)6-9(2)14(8)18-15(20)12-4-3-11(19)7-13(12)16/h3-7,19H,17H2,1-2H3,(H,18,20). The maximum Gasteiger partial charge on any atom is 0.258 e. The monoisotopic (exact) mass is 274 g/mol. The Bertz CT molecular complexity index is 661. The van der Waals surface area contributed by atoms with Gasteiger partial charge in [-0.05, 0) is 49.2 Å². The van der Waals surface area contributed by atoms with Crippen molar-refractivity contribution in [2.75, 3.05) is 11.1 Å². The molecule has 4 nitrogen and oxygen atoms in total. The predicted octanol–water partition coefficient (Wildman–Crippen LogP) is 2.98. The van der Waals surface area contributed by atoms with Crippen LogP contribution < -0.4 is 11.1 Å². The first kappa shape index (κ1) is 13.9. The zero-order chi connectivity index (χ0) is 14.9. The number of phenols is 1. The van der Waals surface area contributed by atoms with E-state index in [2.05, 4.69) is 5.32 Å². The summed E-state index contributed by atoms with van der Waals surface area (Å²) in [5.41, 5.74) is 8.40. The van der Waals surface area contributed by atoms with Crippen molar-refractivity contribution in [1.29, 1.82) is 0 Å². The first-order valence-corrected chi connectivity index (χ1v) is 6.05. The van der Waals surface area contributed by atoms with Gasteiger partial charge in [-0.1, -0.05) is 0 Å². The van der Waals surface area contributed by atoms with Gasteiger partial charge in [0, 0.05) is 17.4 Å². The number of carbonyl (C=O) groups excluding carboxylic acids is 1. The van der Waals surface area contributed by atoms with Gasteiger partial charge in [0.15, 0.2) is 0 Å². The van der Waals surface area contributed by atoms with E-state index in [1.54, 1.807) is 12.1 Å². The molecule has 0 aliphatic heterocycles. The summed E-state index contributed by atoms with van der Waals surface area (Å²) in [6.45, 7) is 3.62. The van der Waals surface area contributed by atoms with Gasteiger partial charge in [0.05, 0.1) is 5.56 Å². The summed E-state index contributed by atoms with van der Waals surface area (Å²) in [5.74, 6) is -1.56. The van der Waals surface area contributed by atoms with E-state index in [4.69, 9.17) is 10.8 Å². The number of nitrogen functional groups attached to an aromatic ring is 1. The number of nitrogens with one attached hydrogen (secondary N) is 1. The molecule has 0 aliphatic carbocycles. The van der Waals surface area contributed by atoms with Crippen LogP contribution >= 0.6 is 0 Å². The van der Waals surface area contributed by atoms with Gasteiger partial charge in [-0.3, -0.25) is 4.79 Å². The van der Waals surface area contributed by atoms with Crippen LogP contribution in [0.2, 0.25) is 0 Å². The van der Waals surface area contributed by atoms with E-state index in [-0.39, 0.29) is 11.3 Å². The normalized spacial score (nSPS) is 10.3. The minimum absolute atomic E-state index is 0.126. The largest absolute Gasteiger partial charge is 0.508 e. The Kier molecular flexibility index (Phi) is 3.61. The molecule has 0 bridgehead atoms. The van der Waals surface area contributed by atoms with Crippen molar-refractivity contribution in [1.82, 2.24) is 0 Å². The molecular formula is C15H15FN2O2. The number of benzene rings is 2. The molecule has 1 amide bonds. The molecule has 0 spiro atoms. The lowest BCUT2D eigenvalue weighted by Gasteiger charge is -2.13. The first-order chi connectivity index (χ1) is 9.38. The maximum atomic E-state index is 13.6. The lowest BCUT2D eigenvalue weighted by molar-refractivity contribution is 0.102. The molecule has 0 saturated carbocycles. The van der Waals surface area contributed by atoms with Crippen LogP contribution in [-0.2, 0) is 0 Å². The number of halogens is 1. The van der Waals surface area contributed by atoms with Crippen molar-refractivity contribution in [2.24, 2.45) is 0 Å². The summed E-state index contributed by atoms with van der Waals surface area (Å²) in [6.07, 6.45) is 0. The topological polar surface area (TPSA) is 75.3 Å².